The van der Waals surface area contributed by atoms with Crippen molar-refractivity contribution in [2.75, 3.05) is 7.11 Å². The summed E-state index contributed by atoms with van der Waals surface area (Å²) in [4.78, 5) is 7.51. The molecule has 0 aliphatic heterocycles. The largest absolute Gasteiger partial charge is 0.373 e. The van der Waals surface area contributed by atoms with Gasteiger partial charge in [0.2, 0.25) is 0 Å². The first-order valence-electron chi connectivity index (χ1n) is 4.95. The SMILES string of the molecule is COC(c1nc(=S)cc(C)[nH]1)C(C)(C)C. The van der Waals surface area contributed by atoms with Crippen molar-refractivity contribution >= 4 is 12.2 Å². The summed E-state index contributed by atoms with van der Waals surface area (Å²) in [5.74, 6) is 0.801. The molecule has 0 radical (unpaired) electrons. The smallest absolute Gasteiger partial charge is 0.137 e. The summed E-state index contributed by atoms with van der Waals surface area (Å²) in [6.45, 7) is 8.31. The van der Waals surface area contributed by atoms with Crippen LogP contribution in [-0.4, -0.2) is 17.1 Å². The molecule has 0 saturated heterocycles. The third-order valence-electron chi connectivity index (χ3n) is 2.17. The van der Waals surface area contributed by atoms with E-state index >= 15 is 0 Å². The van der Waals surface area contributed by atoms with E-state index < -0.39 is 0 Å². The van der Waals surface area contributed by atoms with E-state index in [9.17, 15) is 0 Å². The van der Waals surface area contributed by atoms with E-state index in [1.807, 2.05) is 13.0 Å². The molecule has 1 heterocycles. The zero-order valence-corrected chi connectivity index (χ0v) is 10.7. The summed E-state index contributed by atoms with van der Waals surface area (Å²) in [5.41, 5.74) is 1.00. The van der Waals surface area contributed by atoms with Gasteiger partial charge in [-0.1, -0.05) is 33.0 Å². The van der Waals surface area contributed by atoms with Crippen LogP contribution in [-0.2, 0) is 4.74 Å². The molecule has 0 bridgehead atoms. The highest BCUT2D eigenvalue weighted by molar-refractivity contribution is 7.71. The number of nitrogens with one attached hydrogen (secondary N) is 1. The number of hydrogen-bond acceptors (Lipinski definition) is 3. The maximum absolute atomic E-state index is 5.47. The summed E-state index contributed by atoms with van der Waals surface area (Å²) in [5, 5.41) is 0. The maximum atomic E-state index is 5.47. The van der Waals surface area contributed by atoms with Gasteiger partial charge in [0.15, 0.2) is 0 Å². The quantitative estimate of drug-likeness (QED) is 0.787. The van der Waals surface area contributed by atoms with Gasteiger partial charge in [-0.25, -0.2) is 4.98 Å². The summed E-state index contributed by atoms with van der Waals surface area (Å²) < 4.78 is 6.07. The first-order chi connectivity index (χ1) is 6.84. The van der Waals surface area contributed by atoms with Crippen LogP contribution in [0.3, 0.4) is 0 Å². The second-order valence-electron chi connectivity index (χ2n) is 4.77. The molecule has 4 heteroatoms. The van der Waals surface area contributed by atoms with Gasteiger partial charge in [0.1, 0.15) is 16.6 Å². The van der Waals surface area contributed by atoms with E-state index in [4.69, 9.17) is 17.0 Å². The highest BCUT2D eigenvalue weighted by Gasteiger charge is 2.28. The van der Waals surface area contributed by atoms with Crippen molar-refractivity contribution < 1.29 is 4.74 Å². The number of H-pyrrole nitrogens is 1. The van der Waals surface area contributed by atoms with Crippen molar-refractivity contribution in [3.05, 3.63) is 22.2 Å². The van der Waals surface area contributed by atoms with Gasteiger partial charge in [0.25, 0.3) is 0 Å². The molecule has 0 aromatic carbocycles. The summed E-state index contributed by atoms with van der Waals surface area (Å²) in [6, 6.07) is 1.84. The van der Waals surface area contributed by atoms with E-state index in [0.29, 0.717) is 4.64 Å². The minimum Gasteiger partial charge on any atom is -0.373 e. The molecule has 1 N–H and O–H groups in total. The Kier molecular flexibility index (Phi) is 3.62. The van der Waals surface area contributed by atoms with Gasteiger partial charge in [-0.3, -0.25) is 0 Å². The number of aromatic nitrogens is 2. The number of ether oxygens (including phenoxy) is 1. The number of aryl methyl sites for hydroxylation is 1. The summed E-state index contributed by atoms with van der Waals surface area (Å²) in [6.07, 6.45) is -0.0703. The summed E-state index contributed by atoms with van der Waals surface area (Å²) >= 11 is 5.09. The van der Waals surface area contributed by atoms with Gasteiger partial charge >= 0.3 is 0 Å². The molecule has 0 aliphatic carbocycles. The molecule has 1 rings (SSSR count). The van der Waals surface area contributed by atoms with Crippen molar-refractivity contribution in [3.8, 4) is 0 Å². The fourth-order valence-electron chi connectivity index (χ4n) is 1.60. The number of rotatable bonds is 2. The van der Waals surface area contributed by atoms with E-state index in [-0.39, 0.29) is 11.5 Å². The Morgan fingerprint density at radius 3 is 2.47 bits per heavy atom. The van der Waals surface area contributed by atoms with Crippen LogP contribution in [0.4, 0.5) is 0 Å². The van der Waals surface area contributed by atoms with Gasteiger partial charge in [0.05, 0.1) is 0 Å². The lowest BCUT2D eigenvalue weighted by Crippen LogP contribution is -2.22. The fourth-order valence-corrected chi connectivity index (χ4v) is 1.88. The van der Waals surface area contributed by atoms with Crippen molar-refractivity contribution in [3.63, 3.8) is 0 Å². The molecule has 0 amide bonds. The third kappa shape index (κ3) is 3.11. The van der Waals surface area contributed by atoms with Gasteiger partial charge in [-0.2, -0.15) is 0 Å². The molecule has 1 unspecified atom stereocenters. The topological polar surface area (TPSA) is 37.9 Å². The van der Waals surface area contributed by atoms with E-state index in [1.165, 1.54) is 0 Å². The molecule has 84 valence electrons. The second kappa shape index (κ2) is 4.41. The van der Waals surface area contributed by atoms with Crippen LogP contribution in [0.15, 0.2) is 6.07 Å². The first kappa shape index (κ1) is 12.3. The lowest BCUT2D eigenvalue weighted by Gasteiger charge is -2.28. The molecular formula is C11H18N2OS. The Labute approximate surface area is 95.9 Å². The molecular weight excluding hydrogens is 208 g/mol. The summed E-state index contributed by atoms with van der Waals surface area (Å²) in [7, 11) is 1.69. The van der Waals surface area contributed by atoms with Gasteiger partial charge in [-0.05, 0) is 18.4 Å². The minimum absolute atomic E-state index is 0.00613. The molecule has 15 heavy (non-hydrogen) atoms. The number of aromatic amines is 1. The Morgan fingerprint density at radius 2 is 2.07 bits per heavy atom. The number of methoxy groups -OCH3 is 1. The highest BCUT2D eigenvalue weighted by Crippen LogP contribution is 2.33. The van der Waals surface area contributed by atoms with Crippen LogP contribution in [0.2, 0.25) is 0 Å². The van der Waals surface area contributed by atoms with E-state index in [2.05, 4.69) is 30.7 Å². The normalized spacial score (nSPS) is 13.9. The van der Waals surface area contributed by atoms with Crippen molar-refractivity contribution in [1.29, 1.82) is 0 Å². The van der Waals surface area contributed by atoms with Crippen LogP contribution in [0.1, 0.15) is 38.4 Å². The lowest BCUT2D eigenvalue weighted by molar-refractivity contribution is 0.00847. The minimum atomic E-state index is -0.0703. The Morgan fingerprint density at radius 1 is 1.47 bits per heavy atom. The number of hydrogen-bond donors (Lipinski definition) is 1. The van der Waals surface area contributed by atoms with Crippen molar-refractivity contribution in [2.45, 2.75) is 33.8 Å². The molecule has 0 saturated carbocycles. The average molecular weight is 226 g/mol. The molecule has 0 aliphatic rings. The molecule has 1 aromatic heterocycles. The van der Waals surface area contributed by atoms with Crippen LogP contribution in [0.5, 0.6) is 0 Å². The first-order valence-corrected chi connectivity index (χ1v) is 5.36. The van der Waals surface area contributed by atoms with Crippen LogP contribution < -0.4 is 0 Å². The van der Waals surface area contributed by atoms with Gasteiger partial charge in [0, 0.05) is 12.8 Å². The van der Waals surface area contributed by atoms with Gasteiger partial charge < -0.3 is 9.72 Å². The average Bonchev–Trinajstić information content (AvgIpc) is 1.99. The predicted molar refractivity (Wildman–Crippen MR) is 63.4 cm³/mol. The van der Waals surface area contributed by atoms with Crippen LogP contribution >= 0.6 is 12.2 Å². The zero-order chi connectivity index (χ0) is 11.6. The molecule has 1 atom stereocenters. The second-order valence-corrected chi connectivity index (χ2v) is 5.19. The Hall–Kier alpha value is -0.740. The predicted octanol–water partition coefficient (Wildman–Crippen LogP) is 3.18. The van der Waals surface area contributed by atoms with Gasteiger partial charge in [-0.15, -0.1) is 0 Å². The van der Waals surface area contributed by atoms with E-state index in [1.54, 1.807) is 7.11 Å². The Bertz CT molecular complexity index is 392. The molecule has 0 fully saturated rings. The molecule has 3 nitrogen and oxygen atoms in total. The number of nitrogens with zero attached hydrogens (tertiary/aromatic N) is 1. The highest BCUT2D eigenvalue weighted by atomic mass is 32.1. The van der Waals surface area contributed by atoms with Crippen molar-refractivity contribution in [1.82, 2.24) is 9.97 Å². The molecule has 0 spiro atoms. The standard InChI is InChI=1S/C11H18N2OS/c1-7-6-8(15)13-10(12-7)9(14-5)11(2,3)4/h6,9H,1-5H3,(H,12,13,15). The van der Waals surface area contributed by atoms with Crippen LogP contribution in [0, 0.1) is 17.0 Å². The Balaban J connectivity index is 3.19. The monoisotopic (exact) mass is 226 g/mol. The lowest BCUT2D eigenvalue weighted by atomic mass is 9.88. The van der Waals surface area contributed by atoms with Crippen LogP contribution in [0.25, 0.3) is 0 Å². The molecule has 1 aromatic rings. The zero-order valence-electron chi connectivity index (χ0n) is 9.92. The van der Waals surface area contributed by atoms with Crippen molar-refractivity contribution in [2.24, 2.45) is 5.41 Å². The fraction of sp³-hybridized carbons (Fsp3) is 0.636. The third-order valence-corrected chi connectivity index (χ3v) is 2.38. The van der Waals surface area contributed by atoms with E-state index in [0.717, 1.165) is 11.5 Å². The maximum Gasteiger partial charge on any atom is 0.137 e.